The van der Waals surface area contributed by atoms with Gasteiger partial charge in [0, 0.05) is 11.8 Å². The van der Waals surface area contributed by atoms with Gasteiger partial charge in [-0.25, -0.2) is 15.0 Å². The summed E-state index contributed by atoms with van der Waals surface area (Å²) >= 11 is 1.32. The number of aromatic nitrogens is 4. The van der Waals surface area contributed by atoms with E-state index in [-0.39, 0.29) is 18.5 Å². The van der Waals surface area contributed by atoms with Gasteiger partial charge in [-0.15, -0.1) is 0 Å². The minimum absolute atomic E-state index is 0.139. The van der Waals surface area contributed by atoms with Gasteiger partial charge in [0.05, 0.1) is 12.1 Å². The number of hydrogen-bond donors (Lipinski definition) is 2. The Labute approximate surface area is 134 Å². The molecule has 1 aromatic carbocycles. The van der Waals surface area contributed by atoms with E-state index in [4.69, 9.17) is 9.47 Å². The first-order valence-corrected chi connectivity index (χ1v) is 7.74. The highest BCUT2D eigenvalue weighted by molar-refractivity contribution is 8.00. The van der Waals surface area contributed by atoms with E-state index >= 15 is 0 Å². The van der Waals surface area contributed by atoms with Crippen LogP contribution in [0.2, 0.25) is 0 Å². The van der Waals surface area contributed by atoms with Crippen LogP contribution in [0.1, 0.15) is 0 Å². The van der Waals surface area contributed by atoms with Gasteiger partial charge in [-0.2, -0.15) is 0 Å². The van der Waals surface area contributed by atoms with Crippen molar-refractivity contribution in [1.82, 2.24) is 19.9 Å². The highest BCUT2D eigenvalue weighted by Crippen LogP contribution is 2.34. The molecule has 1 amide bonds. The molecular weight excluding hydrogens is 318 g/mol. The number of nitrogens with zero attached hydrogens (tertiary/aromatic N) is 3. The molecule has 4 rings (SSSR count). The Morgan fingerprint density at radius 2 is 2.17 bits per heavy atom. The number of amides is 1. The van der Waals surface area contributed by atoms with Crippen molar-refractivity contribution in [2.45, 2.75) is 5.03 Å². The van der Waals surface area contributed by atoms with Gasteiger partial charge in [0.1, 0.15) is 16.9 Å². The molecule has 3 aromatic rings. The van der Waals surface area contributed by atoms with E-state index in [1.54, 1.807) is 24.5 Å². The van der Waals surface area contributed by atoms with Crippen molar-refractivity contribution in [3.63, 3.8) is 0 Å². The fraction of sp³-hybridized carbons (Fsp3) is 0.143. The quantitative estimate of drug-likeness (QED) is 0.556. The van der Waals surface area contributed by atoms with E-state index in [1.165, 1.54) is 18.1 Å². The second kappa shape index (κ2) is 5.76. The van der Waals surface area contributed by atoms with Crippen molar-refractivity contribution in [1.29, 1.82) is 0 Å². The molecule has 2 aromatic heterocycles. The number of fused-ring (bicyclic) bond motifs is 2. The summed E-state index contributed by atoms with van der Waals surface area (Å²) in [7, 11) is 0. The third-order valence-corrected chi connectivity index (χ3v) is 4.17. The summed E-state index contributed by atoms with van der Waals surface area (Å²) in [6, 6.07) is 5.28. The molecule has 0 bridgehead atoms. The van der Waals surface area contributed by atoms with E-state index < -0.39 is 0 Å². The van der Waals surface area contributed by atoms with Gasteiger partial charge in [0.2, 0.25) is 12.7 Å². The van der Waals surface area contributed by atoms with E-state index in [2.05, 4.69) is 25.3 Å². The number of anilines is 1. The Hall–Kier alpha value is -2.81. The number of thioether (sulfide) groups is 1. The number of imidazole rings is 1. The maximum atomic E-state index is 12.1. The topological polar surface area (TPSA) is 102 Å². The fourth-order valence-electron chi connectivity index (χ4n) is 2.16. The molecule has 1 aliphatic heterocycles. The van der Waals surface area contributed by atoms with Gasteiger partial charge in [-0.05, 0) is 12.1 Å². The Morgan fingerprint density at radius 1 is 1.26 bits per heavy atom. The molecule has 1 aliphatic rings. The van der Waals surface area contributed by atoms with Gasteiger partial charge in [-0.3, -0.25) is 4.79 Å². The summed E-state index contributed by atoms with van der Waals surface area (Å²) in [5.41, 5.74) is 1.97. The standard InChI is InChI=1S/C14H11N5O3S/c20-11(19-8-1-2-9-10(3-8)22-7-21-9)4-23-14-12-13(16-5-15-12)17-6-18-14/h1-3,5-6H,4,7H2,(H,19,20)(H,15,16,17,18). The zero-order chi connectivity index (χ0) is 15.6. The number of ether oxygens (including phenoxy) is 2. The summed E-state index contributed by atoms with van der Waals surface area (Å²) in [6.07, 6.45) is 2.98. The second-order valence-corrected chi connectivity index (χ2v) is 5.65. The van der Waals surface area contributed by atoms with Crippen LogP contribution in [0.5, 0.6) is 11.5 Å². The summed E-state index contributed by atoms with van der Waals surface area (Å²) in [6.45, 7) is 0.205. The predicted molar refractivity (Wildman–Crippen MR) is 83.6 cm³/mol. The van der Waals surface area contributed by atoms with Gasteiger partial charge in [0.25, 0.3) is 0 Å². The summed E-state index contributed by atoms with van der Waals surface area (Å²) in [4.78, 5) is 27.3. The number of hydrogen-bond acceptors (Lipinski definition) is 7. The molecule has 0 aliphatic carbocycles. The number of H-pyrrole nitrogens is 1. The molecule has 0 saturated carbocycles. The van der Waals surface area contributed by atoms with Crippen LogP contribution in [-0.2, 0) is 4.79 Å². The number of carbonyl (C=O) groups excluding carboxylic acids is 1. The molecule has 0 saturated heterocycles. The van der Waals surface area contributed by atoms with Crippen LogP contribution in [0.15, 0.2) is 35.9 Å². The zero-order valence-corrected chi connectivity index (χ0v) is 12.6. The molecule has 3 heterocycles. The molecule has 2 N–H and O–H groups in total. The van der Waals surface area contributed by atoms with Crippen LogP contribution in [0.3, 0.4) is 0 Å². The lowest BCUT2D eigenvalue weighted by Gasteiger charge is -2.06. The van der Waals surface area contributed by atoms with Crippen LogP contribution in [0.4, 0.5) is 5.69 Å². The van der Waals surface area contributed by atoms with Crippen molar-refractivity contribution in [3.05, 3.63) is 30.9 Å². The fourth-order valence-corrected chi connectivity index (χ4v) is 2.91. The summed E-state index contributed by atoms with van der Waals surface area (Å²) in [5.74, 6) is 1.39. The third kappa shape index (κ3) is 2.78. The Kier molecular flexibility index (Phi) is 3.46. The lowest BCUT2D eigenvalue weighted by molar-refractivity contribution is -0.113. The van der Waals surface area contributed by atoms with E-state index in [1.807, 2.05) is 0 Å². The lowest BCUT2D eigenvalue weighted by Crippen LogP contribution is -2.14. The average molecular weight is 329 g/mol. The Morgan fingerprint density at radius 3 is 3.13 bits per heavy atom. The molecule has 0 atom stereocenters. The molecule has 0 unspecified atom stereocenters. The molecule has 0 fully saturated rings. The second-order valence-electron chi connectivity index (χ2n) is 4.68. The summed E-state index contributed by atoms with van der Waals surface area (Å²) in [5, 5.41) is 3.51. The molecule has 0 spiro atoms. The van der Waals surface area contributed by atoms with Gasteiger partial charge < -0.3 is 19.8 Å². The highest BCUT2D eigenvalue weighted by Gasteiger charge is 2.14. The van der Waals surface area contributed by atoms with Crippen molar-refractivity contribution in [2.24, 2.45) is 0 Å². The van der Waals surface area contributed by atoms with E-state index in [9.17, 15) is 4.79 Å². The third-order valence-electron chi connectivity index (χ3n) is 3.18. The van der Waals surface area contributed by atoms with E-state index in [0.29, 0.717) is 27.9 Å². The maximum absolute atomic E-state index is 12.1. The predicted octanol–water partition coefficient (Wildman–Crippen LogP) is 1.81. The first-order chi connectivity index (χ1) is 11.3. The molecule has 9 heteroatoms. The minimum Gasteiger partial charge on any atom is -0.454 e. The van der Waals surface area contributed by atoms with Crippen molar-refractivity contribution >= 4 is 34.5 Å². The highest BCUT2D eigenvalue weighted by atomic mass is 32.2. The zero-order valence-electron chi connectivity index (χ0n) is 11.8. The first kappa shape index (κ1) is 13.8. The number of benzene rings is 1. The monoisotopic (exact) mass is 329 g/mol. The molecule has 0 radical (unpaired) electrons. The molecule has 116 valence electrons. The normalized spacial score (nSPS) is 12.5. The average Bonchev–Trinajstić information content (AvgIpc) is 3.21. The largest absolute Gasteiger partial charge is 0.454 e. The molecular formula is C14H11N5O3S. The number of nitrogens with one attached hydrogen (secondary N) is 2. The van der Waals surface area contributed by atoms with Crippen LogP contribution in [0.25, 0.3) is 11.2 Å². The lowest BCUT2D eigenvalue weighted by atomic mass is 10.3. The van der Waals surface area contributed by atoms with Crippen molar-refractivity contribution < 1.29 is 14.3 Å². The minimum atomic E-state index is -0.139. The van der Waals surface area contributed by atoms with Crippen LogP contribution in [-0.4, -0.2) is 38.4 Å². The Balaban J connectivity index is 1.41. The smallest absolute Gasteiger partial charge is 0.234 e. The van der Waals surface area contributed by atoms with Gasteiger partial charge in [-0.1, -0.05) is 11.8 Å². The molecule has 23 heavy (non-hydrogen) atoms. The van der Waals surface area contributed by atoms with E-state index in [0.717, 1.165) is 5.52 Å². The maximum Gasteiger partial charge on any atom is 0.234 e. The van der Waals surface area contributed by atoms with Crippen LogP contribution in [0, 0.1) is 0 Å². The summed E-state index contributed by atoms with van der Waals surface area (Å²) < 4.78 is 10.5. The van der Waals surface area contributed by atoms with Crippen molar-refractivity contribution in [3.8, 4) is 11.5 Å². The van der Waals surface area contributed by atoms with Gasteiger partial charge >= 0.3 is 0 Å². The number of rotatable bonds is 4. The SMILES string of the molecule is O=C(CSc1ncnc2nc[nH]c12)Nc1ccc2c(c1)OCO2. The van der Waals surface area contributed by atoms with Crippen LogP contribution >= 0.6 is 11.8 Å². The van der Waals surface area contributed by atoms with Crippen molar-refractivity contribution in [2.75, 3.05) is 17.9 Å². The number of aromatic amines is 1. The van der Waals surface area contributed by atoms with Gasteiger partial charge in [0.15, 0.2) is 17.1 Å². The van der Waals surface area contributed by atoms with Crippen LogP contribution < -0.4 is 14.8 Å². The first-order valence-electron chi connectivity index (χ1n) is 6.76. The Bertz CT molecular complexity index is 882. The molecule has 8 nitrogen and oxygen atoms in total. The number of carbonyl (C=O) groups is 1.